The molecule has 0 unspecified atom stereocenters. The van der Waals surface area contributed by atoms with Crippen LogP contribution in [0.1, 0.15) is 47.9 Å². The third kappa shape index (κ3) is 7.11. The van der Waals surface area contributed by atoms with Gasteiger partial charge in [-0.15, -0.1) is 0 Å². The minimum absolute atomic E-state index is 0.0162. The molecular formula is C24H36N2O4. The number of aromatic hydroxyl groups is 4. The number of benzene rings is 2. The van der Waals surface area contributed by atoms with Gasteiger partial charge in [-0.2, -0.15) is 0 Å². The van der Waals surface area contributed by atoms with Crippen molar-refractivity contribution in [1.82, 2.24) is 10.6 Å². The fourth-order valence-corrected chi connectivity index (χ4v) is 3.55. The highest BCUT2D eigenvalue weighted by Gasteiger charge is 2.08. The van der Waals surface area contributed by atoms with Crippen LogP contribution in [0.5, 0.6) is 23.0 Å². The summed E-state index contributed by atoms with van der Waals surface area (Å²) in [5.41, 5.74) is 3.62. The molecule has 2 aromatic rings. The first-order chi connectivity index (χ1) is 14.4. The van der Waals surface area contributed by atoms with E-state index >= 15 is 0 Å². The number of unbranched alkanes of at least 4 members (excludes halogenated alkanes) is 3. The zero-order chi connectivity index (χ0) is 21.9. The van der Waals surface area contributed by atoms with E-state index in [-0.39, 0.29) is 23.0 Å². The average molecular weight is 417 g/mol. The minimum atomic E-state index is -0.0616. The van der Waals surface area contributed by atoms with Crippen LogP contribution in [-0.2, 0) is 12.8 Å². The quantitative estimate of drug-likeness (QED) is 0.220. The summed E-state index contributed by atoms with van der Waals surface area (Å²) >= 11 is 0. The summed E-state index contributed by atoms with van der Waals surface area (Å²) in [5.74, 6) is -0.156. The van der Waals surface area contributed by atoms with Gasteiger partial charge in [-0.1, -0.05) is 25.0 Å². The van der Waals surface area contributed by atoms with Crippen molar-refractivity contribution < 1.29 is 20.4 Å². The van der Waals surface area contributed by atoms with Gasteiger partial charge >= 0.3 is 0 Å². The second-order valence-electron chi connectivity index (χ2n) is 7.85. The molecule has 0 radical (unpaired) electrons. The molecule has 0 aromatic heterocycles. The van der Waals surface area contributed by atoms with Crippen LogP contribution in [0.4, 0.5) is 0 Å². The number of rotatable bonds is 13. The molecule has 0 fully saturated rings. The van der Waals surface area contributed by atoms with E-state index < -0.39 is 0 Å². The van der Waals surface area contributed by atoms with Crippen LogP contribution >= 0.6 is 0 Å². The number of hydrogen-bond donors (Lipinski definition) is 6. The van der Waals surface area contributed by atoms with Crippen LogP contribution < -0.4 is 10.6 Å². The van der Waals surface area contributed by atoms with Crippen molar-refractivity contribution in [1.29, 1.82) is 0 Å². The molecule has 6 N–H and O–H groups in total. The SMILES string of the molecule is Cc1c(CCNCCCCCCNCCc2ccc(O)c(O)c2C)ccc(O)c1O. The second kappa shape index (κ2) is 12.3. The minimum Gasteiger partial charge on any atom is -0.504 e. The zero-order valence-electron chi connectivity index (χ0n) is 18.2. The Morgan fingerprint density at radius 1 is 0.567 bits per heavy atom. The molecule has 30 heavy (non-hydrogen) atoms. The van der Waals surface area contributed by atoms with Crippen molar-refractivity contribution in [3.8, 4) is 23.0 Å². The lowest BCUT2D eigenvalue weighted by atomic mass is 10.0. The van der Waals surface area contributed by atoms with Crippen molar-refractivity contribution in [3.05, 3.63) is 46.5 Å². The summed E-state index contributed by atoms with van der Waals surface area (Å²) in [6.45, 7) is 7.35. The van der Waals surface area contributed by atoms with Crippen LogP contribution in [0.2, 0.25) is 0 Å². The summed E-state index contributed by atoms with van der Waals surface area (Å²) in [4.78, 5) is 0. The summed E-state index contributed by atoms with van der Waals surface area (Å²) in [6.07, 6.45) is 6.35. The van der Waals surface area contributed by atoms with Crippen LogP contribution in [0, 0.1) is 13.8 Å². The van der Waals surface area contributed by atoms with E-state index in [0.29, 0.717) is 0 Å². The predicted octanol–water partition coefficient (Wildman–Crippen LogP) is 3.65. The molecule has 0 heterocycles. The lowest BCUT2D eigenvalue weighted by Gasteiger charge is -2.10. The topological polar surface area (TPSA) is 105 Å². The van der Waals surface area contributed by atoms with E-state index in [9.17, 15) is 20.4 Å². The maximum atomic E-state index is 9.76. The van der Waals surface area contributed by atoms with Gasteiger partial charge in [-0.3, -0.25) is 0 Å². The molecule has 0 saturated carbocycles. The van der Waals surface area contributed by atoms with Gasteiger partial charge in [-0.05, 0) is 100 Å². The molecule has 2 aromatic carbocycles. The van der Waals surface area contributed by atoms with Crippen LogP contribution in [0.15, 0.2) is 24.3 Å². The maximum absolute atomic E-state index is 9.76. The molecule has 0 aliphatic carbocycles. The Labute approximate surface area is 179 Å². The molecule has 0 spiro atoms. The molecule has 0 aliphatic rings. The molecule has 166 valence electrons. The van der Waals surface area contributed by atoms with E-state index in [4.69, 9.17) is 0 Å². The maximum Gasteiger partial charge on any atom is 0.160 e. The van der Waals surface area contributed by atoms with Gasteiger partial charge in [-0.25, -0.2) is 0 Å². The van der Waals surface area contributed by atoms with E-state index in [1.807, 2.05) is 26.0 Å². The first-order valence-corrected chi connectivity index (χ1v) is 10.8. The number of phenolic OH excluding ortho intramolecular Hbond substituents is 4. The highest BCUT2D eigenvalue weighted by molar-refractivity contribution is 5.49. The fourth-order valence-electron chi connectivity index (χ4n) is 3.55. The summed E-state index contributed by atoms with van der Waals surface area (Å²) in [7, 11) is 0. The van der Waals surface area contributed by atoms with Gasteiger partial charge in [0.15, 0.2) is 23.0 Å². The normalized spacial score (nSPS) is 11.1. The van der Waals surface area contributed by atoms with Crippen molar-refractivity contribution in [2.75, 3.05) is 26.2 Å². The molecule has 0 amide bonds. The molecule has 0 bridgehead atoms. The Balaban J connectivity index is 1.45. The highest BCUT2D eigenvalue weighted by Crippen LogP contribution is 2.31. The Morgan fingerprint density at radius 2 is 0.967 bits per heavy atom. The summed E-state index contributed by atoms with van der Waals surface area (Å²) in [5, 5.41) is 45.4. The summed E-state index contributed by atoms with van der Waals surface area (Å²) < 4.78 is 0. The van der Waals surface area contributed by atoms with Crippen molar-refractivity contribution in [2.24, 2.45) is 0 Å². The van der Waals surface area contributed by atoms with Crippen LogP contribution in [-0.4, -0.2) is 46.6 Å². The first kappa shape index (κ1) is 23.8. The second-order valence-corrected chi connectivity index (χ2v) is 7.85. The van der Waals surface area contributed by atoms with E-state index in [0.717, 1.165) is 74.1 Å². The van der Waals surface area contributed by atoms with Crippen molar-refractivity contribution in [3.63, 3.8) is 0 Å². The van der Waals surface area contributed by atoms with Gasteiger partial charge in [0, 0.05) is 0 Å². The largest absolute Gasteiger partial charge is 0.504 e. The van der Waals surface area contributed by atoms with Gasteiger partial charge in [0.05, 0.1) is 0 Å². The first-order valence-electron chi connectivity index (χ1n) is 10.8. The van der Waals surface area contributed by atoms with Crippen molar-refractivity contribution in [2.45, 2.75) is 52.4 Å². The monoisotopic (exact) mass is 416 g/mol. The van der Waals surface area contributed by atoms with Crippen molar-refractivity contribution >= 4 is 0 Å². The molecule has 0 atom stereocenters. The zero-order valence-corrected chi connectivity index (χ0v) is 18.2. The standard InChI is InChI=1S/C24H36N2O4/c1-17-19(7-9-21(27)23(17)29)11-15-25-13-5-3-4-6-14-26-16-12-20-8-10-22(28)24(30)18(20)2/h7-10,25-30H,3-6,11-16H2,1-2H3. The Bertz CT molecular complexity index is 741. The van der Waals surface area contributed by atoms with E-state index in [1.54, 1.807) is 12.1 Å². The predicted molar refractivity (Wildman–Crippen MR) is 121 cm³/mol. The fraction of sp³-hybridized carbons (Fsp3) is 0.500. The third-order valence-corrected chi connectivity index (χ3v) is 5.64. The summed E-state index contributed by atoms with van der Waals surface area (Å²) in [6, 6.07) is 6.82. The van der Waals surface area contributed by atoms with Crippen LogP contribution in [0.3, 0.4) is 0 Å². The van der Waals surface area contributed by atoms with Crippen LogP contribution in [0.25, 0.3) is 0 Å². The number of nitrogens with one attached hydrogen (secondary N) is 2. The van der Waals surface area contributed by atoms with Gasteiger partial charge in [0.25, 0.3) is 0 Å². The number of phenols is 4. The highest BCUT2D eigenvalue weighted by atomic mass is 16.3. The molecule has 6 nitrogen and oxygen atoms in total. The Morgan fingerprint density at radius 3 is 1.37 bits per heavy atom. The molecule has 6 heteroatoms. The van der Waals surface area contributed by atoms with Gasteiger partial charge < -0.3 is 31.1 Å². The third-order valence-electron chi connectivity index (χ3n) is 5.64. The van der Waals surface area contributed by atoms with Gasteiger partial charge in [0.2, 0.25) is 0 Å². The molecule has 0 saturated heterocycles. The Hall–Kier alpha value is -2.44. The van der Waals surface area contributed by atoms with Gasteiger partial charge in [0.1, 0.15) is 0 Å². The van der Waals surface area contributed by atoms with E-state index in [2.05, 4.69) is 10.6 Å². The molecule has 0 aliphatic heterocycles. The Kier molecular flexibility index (Phi) is 9.77. The molecular weight excluding hydrogens is 380 g/mol. The lowest BCUT2D eigenvalue weighted by Crippen LogP contribution is -2.20. The molecule has 2 rings (SSSR count). The smallest absolute Gasteiger partial charge is 0.160 e. The average Bonchev–Trinajstić information content (AvgIpc) is 2.74. The number of hydrogen-bond acceptors (Lipinski definition) is 6. The lowest BCUT2D eigenvalue weighted by molar-refractivity contribution is 0.400. The van der Waals surface area contributed by atoms with E-state index in [1.165, 1.54) is 12.8 Å².